The first-order valence-electron chi connectivity index (χ1n) is 5.97. The minimum Gasteiger partial charge on any atom is -0.481 e. The number of carboxylic acid groups (broad SMARTS) is 1. The summed E-state index contributed by atoms with van der Waals surface area (Å²) in [5.74, 6) is -0.297. The third kappa shape index (κ3) is 3.33. The molecule has 96 valence electrons. The molecule has 4 heteroatoms. The minimum atomic E-state index is -0.855. The molecule has 0 spiro atoms. The molecule has 1 heterocycles. The van der Waals surface area contributed by atoms with Gasteiger partial charge in [-0.15, -0.1) is 0 Å². The van der Waals surface area contributed by atoms with Crippen molar-refractivity contribution in [2.24, 2.45) is 11.7 Å². The van der Waals surface area contributed by atoms with Crippen molar-refractivity contribution >= 4 is 5.97 Å². The van der Waals surface area contributed by atoms with Crippen molar-refractivity contribution in [2.75, 3.05) is 0 Å². The zero-order valence-electron chi connectivity index (χ0n) is 11.0. The highest BCUT2D eigenvalue weighted by molar-refractivity contribution is 5.68. The van der Waals surface area contributed by atoms with Gasteiger partial charge < -0.3 is 15.4 Å². The Morgan fingerprint density at radius 3 is 2.53 bits per heavy atom. The SMILES string of the molecule is Cc1cc(C(N)CC(=O)O)c(C)n1CC(C)C. The van der Waals surface area contributed by atoms with Crippen LogP contribution in [0.1, 0.15) is 43.3 Å². The van der Waals surface area contributed by atoms with Crippen molar-refractivity contribution in [3.8, 4) is 0 Å². The summed E-state index contributed by atoms with van der Waals surface area (Å²) in [4.78, 5) is 10.7. The number of aliphatic carboxylic acids is 1. The number of nitrogens with zero attached hydrogens (tertiary/aromatic N) is 1. The number of rotatable bonds is 5. The molecule has 1 unspecified atom stereocenters. The van der Waals surface area contributed by atoms with Crippen LogP contribution in [0.3, 0.4) is 0 Å². The average Bonchev–Trinajstić information content (AvgIpc) is 2.44. The molecule has 1 aromatic heterocycles. The lowest BCUT2D eigenvalue weighted by Crippen LogP contribution is -2.16. The van der Waals surface area contributed by atoms with Gasteiger partial charge in [0.15, 0.2) is 0 Å². The molecule has 0 aliphatic carbocycles. The van der Waals surface area contributed by atoms with E-state index in [1.165, 1.54) is 0 Å². The summed E-state index contributed by atoms with van der Waals surface area (Å²) in [5.41, 5.74) is 9.10. The smallest absolute Gasteiger partial charge is 0.305 e. The van der Waals surface area contributed by atoms with Gasteiger partial charge in [-0.25, -0.2) is 0 Å². The summed E-state index contributed by atoms with van der Waals surface area (Å²) in [6.07, 6.45) is -0.0219. The standard InChI is InChI=1S/C13H22N2O2/c1-8(2)7-15-9(3)5-11(10(15)4)12(14)6-13(16)17/h5,8,12H,6-7,14H2,1-4H3,(H,16,17). The molecular weight excluding hydrogens is 216 g/mol. The average molecular weight is 238 g/mol. The van der Waals surface area contributed by atoms with Gasteiger partial charge in [-0.3, -0.25) is 4.79 Å². The molecule has 17 heavy (non-hydrogen) atoms. The van der Waals surface area contributed by atoms with Crippen LogP contribution < -0.4 is 5.73 Å². The second-order valence-corrected chi connectivity index (χ2v) is 5.04. The molecule has 4 nitrogen and oxygen atoms in total. The number of aryl methyl sites for hydroxylation is 1. The van der Waals surface area contributed by atoms with Crippen LogP contribution in [0.15, 0.2) is 6.07 Å². The molecule has 0 saturated heterocycles. The Kier molecular flexibility index (Phi) is 4.34. The van der Waals surface area contributed by atoms with Gasteiger partial charge in [0.05, 0.1) is 6.42 Å². The van der Waals surface area contributed by atoms with Gasteiger partial charge in [0.2, 0.25) is 0 Å². The van der Waals surface area contributed by atoms with E-state index >= 15 is 0 Å². The maximum atomic E-state index is 10.7. The van der Waals surface area contributed by atoms with Gasteiger partial charge in [0, 0.05) is 24.0 Å². The summed E-state index contributed by atoms with van der Waals surface area (Å²) in [5, 5.41) is 8.77. The molecule has 0 fully saturated rings. The largest absolute Gasteiger partial charge is 0.481 e. The molecule has 1 aromatic rings. The maximum absolute atomic E-state index is 10.7. The maximum Gasteiger partial charge on any atom is 0.305 e. The van der Waals surface area contributed by atoms with Crippen LogP contribution in [0.2, 0.25) is 0 Å². The highest BCUT2D eigenvalue weighted by Gasteiger charge is 2.17. The topological polar surface area (TPSA) is 68.2 Å². The quantitative estimate of drug-likeness (QED) is 0.826. The highest BCUT2D eigenvalue weighted by Crippen LogP contribution is 2.23. The van der Waals surface area contributed by atoms with E-state index in [0.29, 0.717) is 5.92 Å². The Labute approximate surface area is 102 Å². The fraction of sp³-hybridized carbons (Fsp3) is 0.615. The van der Waals surface area contributed by atoms with Crippen molar-refractivity contribution in [2.45, 2.75) is 46.7 Å². The van der Waals surface area contributed by atoms with Gasteiger partial charge in [-0.2, -0.15) is 0 Å². The summed E-state index contributed by atoms with van der Waals surface area (Å²) < 4.78 is 2.21. The number of carboxylic acids is 1. The number of hydrogen-bond donors (Lipinski definition) is 2. The number of nitrogens with two attached hydrogens (primary N) is 1. The first-order valence-corrected chi connectivity index (χ1v) is 5.97. The van der Waals surface area contributed by atoms with Crippen LogP contribution in [-0.4, -0.2) is 15.6 Å². The molecule has 0 aromatic carbocycles. The summed E-state index contributed by atoms with van der Waals surface area (Å²) in [6.45, 7) is 9.31. The fourth-order valence-corrected chi connectivity index (χ4v) is 2.15. The lowest BCUT2D eigenvalue weighted by Gasteiger charge is -2.14. The first kappa shape index (κ1) is 13.8. The van der Waals surface area contributed by atoms with E-state index in [0.717, 1.165) is 23.5 Å². The van der Waals surface area contributed by atoms with Crippen molar-refractivity contribution in [1.29, 1.82) is 0 Å². The summed E-state index contributed by atoms with van der Waals surface area (Å²) in [7, 11) is 0. The third-order valence-corrected chi connectivity index (χ3v) is 2.95. The molecule has 0 bridgehead atoms. The first-order chi connectivity index (χ1) is 7.82. The second-order valence-electron chi connectivity index (χ2n) is 5.04. The van der Waals surface area contributed by atoms with Crippen LogP contribution in [0, 0.1) is 19.8 Å². The molecule has 1 rings (SSSR count). The predicted molar refractivity (Wildman–Crippen MR) is 67.9 cm³/mol. The molecule has 0 saturated carbocycles. The van der Waals surface area contributed by atoms with Crippen LogP contribution >= 0.6 is 0 Å². The van der Waals surface area contributed by atoms with Crippen LogP contribution in [0.5, 0.6) is 0 Å². The molecule has 0 radical (unpaired) electrons. The molecule has 3 N–H and O–H groups in total. The van der Waals surface area contributed by atoms with Gasteiger partial charge in [0.25, 0.3) is 0 Å². The number of carbonyl (C=O) groups is 1. The van der Waals surface area contributed by atoms with E-state index in [1.54, 1.807) is 0 Å². The van der Waals surface area contributed by atoms with E-state index in [2.05, 4.69) is 18.4 Å². The van der Waals surface area contributed by atoms with E-state index in [-0.39, 0.29) is 6.42 Å². The van der Waals surface area contributed by atoms with E-state index < -0.39 is 12.0 Å². The summed E-state index contributed by atoms with van der Waals surface area (Å²) in [6, 6.07) is 1.59. The highest BCUT2D eigenvalue weighted by atomic mass is 16.4. The predicted octanol–water partition coefficient (Wildman–Crippen LogP) is 2.24. The second kappa shape index (κ2) is 5.36. The zero-order chi connectivity index (χ0) is 13.2. The molecule has 0 amide bonds. The molecule has 0 aliphatic heterocycles. The zero-order valence-corrected chi connectivity index (χ0v) is 11.0. The van der Waals surface area contributed by atoms with Gasteiger partial charge >= 0.3 is 5.97 Å². The lowest BCUT2D eigenvalue weighted by atomic mass is 10.1. The van der Waals surface area contributed by atoms with Crippen LogP contribution in [-0.2, 0) is 11.3 Å². The fourth-order valence-electron chi connectivity index (χ4n) is 2.15. The van der Waals surface area contributed by atoms with Gasteiger partial charge in [-0.05, 0) is 31.4 Å². The Bertz CT molecular complexity index is 408. The normalized spacial score (nSPS) is 13.1. The van der Waals surface area contributed by atoms with Gasteiger partial charge in [-0.1, -0.05) is 13.8 Å². The van der Waals surface area contributed by atoms with E-state index in [4.69, 9.17) is 10.8 Å². The van der Waals surface area contributed by atoms with Crippen molar-refractivity contribution in [3.63, 3.8) is 0 Å². The van der Waals surface area contributed by atoms with E-state index in [9.17, 15) is 4.79 Å². The van der Waals surface area contributed by atoms with E-state index in [1.807, 2.05) is 19.9 Å². The Morgan fingerprint density at radius 1 is 1.47 bits per heavy atom. The monoisotopic (exact) mass is 238 g/mol. The molecule has 1 atom stereocenters. The Balaban J connectivity index is 2.99. The Hall–Kier alpha value is -1.29. The summed E-state index contributed by atoms with van der Waals surface area (Å²) >= 11 is 0. The van der Waals surface area contributed by atoms with Crippen LogP contribution in [0.25, 0.3) is 0 Å². The van der Waals surface area contributed by atoms with Crippen molar-refractivity contribution < 1.29 is 9.90 Å². The van der Waals surface area contributed by atoms with Gasteiger partial charge in [0.1, 0.15) is 0 Å². The van der Waals surface area contributed by atoms with Crippen molar-refractivity contribution in [1.82, 2.24) is 4.57 Å². The molecular formula is C13H22N2O2. The number of aromatic nitrogens is 1. The number of hydrogen-bond acceptors (Lipinski definition) is 2. The Morgan fingerprint density at radius 2 is 2.06 bits per heavy atom. The molecule has 0 aliphatic rings. The third-order valence-electron chi connectivity index (χ3n) is 2.95. The minimum absolute atomic E-state index is 0.0219. The van der Waals surface area contributed by atoms with Crippen LogP contribution in [0.4, 0.5) is 0 Å². The van der Waals surface area contributed by atoms with Crippen molar-refractivity contribution in [3.05, 3.63) is 23.0 Å². The lowest BCUT2D eigenvalue weighted by molar-refractivity contribution is -0.137.